The van der Waals surface area contributed by atoms with Crippen molar-refractivity contribution in [2.24, 2.45) is 0 Å². The molecule has 18 heavy (non-hydrogen) atoms. The van der Waals surface area contributed by atoms with Crippen LogP contribution in [0.3, 0.4) is 0 Å². The molecule has 0 atom stereocenters. The van der Waals surface area contributed by atoms with Gasteiger partial charge in [0.2, 0.25) is 0 Å². The van der Waals surface area contributed by atoms with Crippen molar-refractivity contribution >= 4 is 27.5 Å². The summed E-state index contributed by atoms with van der Waals surface area (Å²) in [4.78, 5) is 17.9. The number of aromatic nitrogens is 1. The molecular weight excluding hydrogens is 292 g/mol. The lowest BCUT2D eigenvalue weighted by Crippen LogP contribution is -2.26. The highest BCUT2D eigenvalue weighted by Crippen LogP contribution is 2.17. The summed E-state index contributed by atoms with van der Waals surface area (Å²) in [6.45, 7) is 2.02. The van der Waals surface area contributed by atoms with Crippen LogP contribution in [-0.2, 0) is 0 Å². The van der Waals surface area contributed by atoms with Crippen molar-refractivity contribution in [2.75, 3.05) is 11.9 Å². The number of hydrogen-bond donors (Lipinski definition) is 0. The van der Waals surface area contributed by atoms with E-state index in [4.69, 9.17) is 0 Å². The van der Waals surface area contributed by atoms with Crippen molar-refractivity contribution in [2.45, 2.75) is 6.92 Å². The molecule has 0 radical (unpaired) electrons. The molecule has 0 N–H and O–H groups in total. The minimum absolute atomic E-state index is 0.0537. The maximum atomic E-state index is 12.3. The van der Waals surface area contributed by atoms with E-state index in [-0.39, 0.29) is 5.91 Å². The van der Waals surface area contributed by atoms with E-state index in [1.165, 1.54) is 5.56 Å². The summed E-state index contributed by atoms with van der Waals surface area (Å²) in [6, 6.07) is 11.3. The molecule has 1 aromatic carbocycles. The van der Waals surface area contributed by atoms with E-state index in [0.717, 1.165) is 5.69 Å². The fourth-order valence-electron chi connectivity index (χ4n) is 1.61. The van der Waals surface area contributed by atoms with Gasteiger partial charge in [0.25, 0.3) is 5.91 Å². The van der Waals surface area contributed by atoms with Gasteiger partial charge < -0.3 is 4.90 Å². The number of carbonyl (C=O) groups excluding carboxylic acids is 1. The number of nitrogens with zero attached hydrogens (tertiary/aromatic N) is 2. The van der Waals surface area contributed by atoms with E-state index in [2.05, 4.69) is 20.9 Å². The van der Waals surface area contributed by atoms with Crippen molar-refractivity contribution in [3.63, 3.8) is 0 Å². The summed E-state index contributed by atoms with van der Waals surface area (Å²) >= 11 is 3.26. The van der Waals surface area contributed by atoms with Crippen LogP contribution in [0.1, 0.15) is 15.9 Å². The zero-order chi connectivity index (χ0) is 13.1. The first-order chi connectivity index (χ1) is 8.58. The van der Waals surface area contributed by atoms with E-state index >= 15 is 0 Å². The van der Waals surface area contributed by atoms with Crippen molar-refractivity contribution in [1.82, 2.24) is 4.98 Å². The second-order valence-corrected chi connectivity index (χ2v) is 4.88. The smallest absolute Gasteiger partial charge is 0.258 e. The number of carbonyl (C=O) groups is 1. The molecule has 1 aromatic heterocycles. The van der Waals surface area contributed by atoms with Gasteiger partial charge >= 0.3 is 0 Å². The Morgan fingerprint density at radius 1 is 1.22 bits per heavy atom. The van der Waals surface area contributed by atoms with Crippen LogP contribution >= 0.6 is 15.9 Å². The molecule has 0 aliphatic rings. The van der Waals surface area contributed by atoms with Crippen LogP contribution < -0.4 is 4.90 Å². The standard InChI is InChI=1S/C14H13BrN2O/c1-10-3-5-12(6-4-10)17(2)14(18)11-7-8-16-13(15)9-11/h3-9H,1-2H3. The maximum absolute atomic E-state index is 12.3. The normalized spacial score (nSPS) is 10.2. The van der Waals surface area contributed by atoms with Gasteiger partial charge in [-0.1, -0.05) is 17.7 Å². The van der Waals surface area contributed by atoms with Crippen LogP contribution in [0.4, 0.5) is 5.69 Å². The molecule has 2 aromatic rings. The Morgan fingerprint density at radius 3 is 2.50 bits per heavy atom. The molecule has 0 bridgehead atoms. The van der Waals surface area contributed by atoms with Crippen LogP contribution in [0.25, 0.3) is 0 Å². The molecule has 0 fully saturated rings. The van der Waals surface area contributed by atoms with Gasteiger partial charge in [0.05, 0.1) is 0 Å². The first-order valence-electron chi connectivity index (χ1n) is 5.54. The summed E-state index contributed by atoms with van der Waals surface area (Å²) in [5, 5.41) is 0. The summed E-state index contributed by atoms with van der Waals surface area (Å²) in [5.74, 6) is -0.0537. The summed E-state index contributed by atoms with van der Waals surface area (Å²) in [7, 11) is 1.77. The number of benzene rings is 1. The SMILES string of the molecule is Cc1ccc(N(C)C(=O)c2ccnc(Br)c2)cc1. The minimum Gasteiger partial charge on any atom is -0.311 e. The van der Waals surface area contributed by atoms with Crippen LogP contribution in [0.2, 0.25) is 0 Å². The minimum atomic E-state index is -0.0537. The lowest BCUT2D eigenvalue weighted by atomic mass is 10.2. The summed E-state index contributed by atoms with van der Waals surface area (Å²) in [6.07, 6.45) is 1.61. The first-order valence-corrected chi connectivity index (χ1v) is 6.33. The highest BCUT2D eigenvalue weighted by molar-refractivity contribution is 9.10. The van der Waals surface area contributed by atoms with Crippen molar-refractivity contribution in [3.8, 4) is 0 Å². The zero-order valence-electron chi connectivity index (χ0n) is 10.2. The monoisotopic (exact) mass is 304 g/mol. The fourth-order valence-corrected chi connectivity index (χ4v) is 1.98. The number of anilines is 1. The molecule has 1 amide bonds. The number of aryl methyl sites for hydroxylation is 1. The van der Waals surface area contributed by atoms with Gasteiger partial charge in [-0.15, -0.1) is 0 Å². The lowest BCUT2D eigenvalue weighted by Gasteiger charge is -2.17. The number of amides is 1. The quantitative estimate of drug-likeness (QED) is 0.796. The Balaban J connectivity index is 2.26. The molecule has 0 spiro atoms. The largest absolute Gasteiger partial charge is 0.311 e. The molecule has 4 heteroatoms. The van der Waals surface area contributed by atoms with Gasteiger partial charge in [-0.25, -0.2) is 4.98 Å². The van der Waals surface area contributed by atoms with Crippen molar-refractivity contribution in [1.29, 1.82) is 0 Å². The second kappa shape index (κ2) is 5.31. The third-order valence-electron chi connectivity index (χ3n) is 2.70. The van der Waals surface area contributed by atoms with Gasteiger partial charge in [-0.2, -0.15) is 0 Å². The Bertz CT molecular complexity index is 566. The molecule has 0 aliphatic carbocycles. The average molecular weight is 305 g/mol. The number of halogens is 1. The van der Waals surface area contributed by atoms with E-state index in [0.29, 0.717) is 10.2 Å². The molecule has 0 saturated heterocycles. The topological polar surface area (TPSA) is 33.2 Å². The van der Waals surface area contributed by atoms with Crippen LogP contribution in [-0.4, -0.2) is 17.9 Å². The van der Waals surface area contributed by atoms with Gasteiger partial charge in [-0.3, -0.25) is 4.79 Å². The second-order valence-electron chi connectivity index (χ2n) is 4.07. The van der Waals surface area contributed by atoms with E-state index in [1.54, 1.807) is 30.3 Å². The Morgan fingerprint density at radius 2 is 1.89 bits per heavy atom. The first kappa shape index (κ1) is 12.8. The van der Waals surface area contributed by atoms with Crippen molar-refractivity contribution < 1.29 is 4.79 Å². The van der Waals surface area contributed by atoms with E-state index in [9.17, 15) is 4.79 Å². The average Bonchev–Trinajstić information content (AvgIpc) is 2.38. The molecule has 1 heterocycles. The van der Waals surface area contributed by atoms with E-state index in [1.807, 2.05) is 31.2 Å². The third-order valence-corrected chi connectivity index (χ3v) is 3.13. The Kier molecular flexibility index (Phi) is 3.77. The molecule has 3 nitrogen and oxygen atoms in total. The van der Waals surface area contributed by atoms with Gasteiger partial charge in [-0.05, 0) is 47.1 Å². The van der Waals surface area contributed by atoms with Crippen molar-refractivity contribution in [3.05, 3.63) is 58.3 Å². The molecule has 0 aliphatic heterocycles. The Labute approximate surface area is 115 Å². The van der Waals surface area contributed by atoms with Crippen LogP contribution in [0.15, 0.2) is 47.2 Å². The highest BCUT2D eigenvalue weighted by atomic mass is 79.9. The van der Waals surface area contributed by atoms with Gasteiger partial charge in [0.15, 0.2) is 0 Å². The summed E-state index contributed by atoms with van der Waals surface area (Å²) in [5.41, 5.74) is 2.66. The Hall–Kier alpha value is -1.68. The highest BCUT2D eigenvalue weighted by Gasteiger charge is 2.13. The molecule has 0 saturated carbocycles. The molecule has 0 unspecified atom stereocenters. The predicted molar refractivity (Wildman–Crippen MR) is 75.8 cm³/mol. The lowest BCUT2D eigenvalue weighted by molar-refractivity contribution is 0.0993. The maximum Gasteiger partial charge on any atom is 0.258 e. The summed E-state index contributed by atoms with van der Waals surface area (Å²) < 4.78 is 0.658. The third kappa shape index (κ3) is 2.76. The predicted octanol–water partition coefficient (Wildman–Crippen LogP) is 3.43. The molecule has 92 valence electrons. The van der Waals surface area contributed by atoms with Crippen LogP contribution in [0.5, 0.6) is 0 Å². The van der Waals surface area contributed by atoms with Crippen LogP contribution in [0, 0.1) is 6.92 Å². The molecular formula is C14H13BrN2O. The van der Waals surface area contributed by atoms with E-state index < -0.39 is 0 Å². The fraction of sp³-hybridized carbons (Fsp3) is 0.143. The van der Waals surface area contributed by atoms with Gasteiger partial charge in [0.1, 0.15) is 4.60 Å². The number of rotatable bonds is 2. The number of pyridine rings is 1. The zero-order valence-corrected chi connectivity index (χ0v) is 11.8. The number of hydrogen-bond acceptors (Lipinski definition) is 2. The molecule has 2 rings (SSSR count). The van der Waals surface area contributed by atoms with Gasteiger partial charge in [0, 0.05) is 24.5 Å².